The van der Waals surface area contributed by atoms with Gasteiger partial charge in [0.2, 0.25) is 6.39 Å². The van der Waals surface area contributed by atoms with E-state index in [1.807, 2.05) is 6.92 Å². The Hall–Kier alpha value is -1.69. The van der Waals surface area contributed by atoms with Crippen molar-refractivity contribution in [2.24, 2.45) is 0 Å². The zero-order valence-corrected chi connectivity index (χ0v) is 11.0. The zero-order valence-electron chi connectivity index (χ0n) is 10.3. The van der Waals surface area contributed by atoms with Gasteiger partial charge in [0, 0.05) is 12.0 Å². The number of hydrogen-bond donors (Lipinski definition) is 1. The third-order valence-corrected chi connectivity index (χ3v) is 2.80. The fourth-order valence-electron chi connectivity index (χ4n) is 1.47. The SMILES string of the molecule is CCCc1nc(Cl)c(C)c(NCc2ncon2)n1. The molecule has 0 unspecified atom stereocenters. The van der Waals surface area contributed by atoms with Crippen LogP contribution < -0.4 is 5.32 Å². The van der Waals surface area contributed by atoms with E-state index in [9.17, 15) is 0 Å². The second kappa shape index (κ2) is 5.77. The first-order valence-corrected chi connectivity index (χ1v) is 6.10. The van der Waals surface area contributed by atoms with Crippen LogP contribution in [0.1, 0.15) is 30.6 Å². The molecule has 2 heterocycles. The summed E-state index contributed by atoms with van der Waals surface area (Å²) in [7, 11) is 0. The second-order valence-electron chi connectivity index (χ2n) is 3.86. The van der Waals surface area contributed by atoms with Gasteiger partial charge in [-0.15, -0.1) is 0 Å². The molecule has 0 spiro atoms. The van der Waals surface area contributed by atoms with E-state index in [-0.39, 0.29) is 0 Å². The van der Waals surface area contributed by atoms with Gasteiger partial charge in [-0.1, -0.05) is 23.7 Å². The number of nitrogens with one attached hydrogen (secondary N) is 1. The van der Waals surface area contributed by atoms with E-state index in [2.05, 4.69) is 36.9 Å². The molecule has 0 bridgehead atoms. The predicted octanol–water partition coefficient (Wildman–Crippen LogP) is 2.39. The number of rotatable bonds is 5. The van der Waals surface area contributed by atoms with Gasteiger partial charge in [-0.05, 0) is 13.3 Å². The quantitative estimate of drug-likeness (QED) is 0.838. The molecule has 0 aliphatic heterocycles. The van der Waals surface area contributed by atoms with Crippen molar-refractivity contribution in [3.05, 3.63) is 28.8 Å². The monoisotopic (exact) mass is 267 g/mol. The Bertz CT molecular complexity index is 514. The molecule has 0 radical (unpaired) electrons. The summed E-state index contributed by atoms with van der Waals surface area (Å²) in [4.78, 5) is 12.6. The Morgan fingerprint density at radius 1 is 1.33 bits per heavy atom. The van der Waals surface area contributed by atoms with Crippen molar-refractivity contribution in [3.63, 3.8) is 0 Å². The number of aryl methyl sites for hydroxylation is 1. The third kappa shape index (κ3) is 2.95. The first kappa shape index (κ1) is 12.8. The molecule has 0 amide bonds. The molecule has 0 aromatic carbocycles. The number of halogens is 1. The lowest BCUT2D eigenvalue weighted by Gasteiger charge is -2.09. The lowest BCUT2D eigenvalue weighted by atomic mass is 10.3. The molecular formula is C11H14ClN5O. The summed E-state index contributed by atoms with van der Waals surface area (Å²) in [5.74, 6) is 2.02. The number of hydrogen-bond acceptors (Lipinski definition) is 6. The first-order chi connectivity index (χ1) is 8.70. The topological polar surface area (TPSA) is 76.7 Å². The van der Waals surface area contributed by atoms with Crippen LogP contribution in [0.2, 0.25) is 5.15 Å². The van der Waals surface area contributed by atoms with Gasteiger partial charge in [-0.3, -0.25) is 0 Å². The Labute approximate surface area is 110 Å². The average molecular weight is 268 g/mol. The Morgan fingerprint density at radius 2 is 2.17 bits per heavy atom. The smallest absolute Gasteiger partial charge is 0.213 e. The molecule has 96 valence electrons. The highest BCUT2D eigenvalue weighted by molar-refractivity contribution is 6.30. The molecule has 0 saturated carbocycles. The largest absolute Gasteiger partial charge is 0.362 e. The normalized spacial score (nSPS) is 10.6. The Kier molecular flexibility index (Phi) is 4.09. The molecule has 0 fully saturated rings. The molecular weight excluding hydrogens is 254 g/mol. The summed E-state index contributed by atoms with van der Waals surface area (Å²) < 4.78 is 4.66. The zero-order chi connectivity index (χ0) is 13.0. The van der Waals surface area contributed by atoms with Gasteiger partial charge in [0.15, 0.2) is 5.82 Å². The van der Waals surface area contributed by atoms with Crippen LogP contribution in [0.4, 0.5) is 5.82 Å². The van der Waals surface area contributed by atoms with Crippen LogP contribution in [-0.4, -0.2) is 20.1 Å². The minimum atomic E-state index is 0.441. The summed E-state index contributed by atoms with van der Waals surface area (Å²) in [5.41, 5.74) is 0.819. The molecule has 2 aromatic rings. The third-order valence-electron chi connectivity index (χ3n) is 2.43. The standard InChI is InChI=1S/C11H14ClN5O/c1-3-4-8-15-10(12)7(2)11(16-8)13-5-9-14-6-18-17-9/h6H,3-5H2,1-2H3,(H,13,15,16). The van der Waals surface area contributed by atoms with Gasteiger partial charge in [-0.2, -0.15) is 4.98 Å². The Balaban J connectivity index is 2.15. The van der Waals surface area contributed by atoms with Crippen LogP contribution >= 0.6 is 11.6 Å². The maximum absolute atomic E-state index is 6.07. The summed E-state index contributed by atoms with van der Waals surface area (Å²) in [6.45, 7) is 4.39. The molecule has 0 aliphatic carbocycles. The van der Waals surface area contributed by atoms with Crippen LogP contribution in [0.25, 0.3) is 0 Å². The highest BCUT2D eigenvalue weighted by Gasteiger charge is 2.09. The van der Waals surface area contributed by atoms with Crippen molar-refractivity contribution in [3.8, 4) is 0 Å². The molecule has 0 aliphatic rings. The highest BCUT2D eigenvalue weighted by atomic mass is 35.5. The van der Waals surface area contributed by atoms with Gasteiger partial charge < -0.3 is 9.84 Å². The fourth-order valence-corrected chi connectivity index (χ4v) is 1.66. The van der Waals surface area contributed by atoms with Crippen molar-refractivity contribution < 1.29 is 4.52 Å². The first-order valence-electron chi connectivity index (χ1n) is 5.72. The number of nitrogens with zero attached hydrogens (tertiary/aromatic N) is 4. The molecule has 7 heteroatoms. The fraction of sp³-hybridized carbons (Fsp3) is 0.455. The Morgan fingerprint density at radius 3 is 2.83 bits per heavy atom. The number of aromatic nitrogens is 4. The predicted molar refractivity (Wildman–Crippen MR) is 67.4 cm³/mol. The van der Waals surface area contributed by atoms with Crippen LogP contribution in [0.3, 0.4) is 0 Å². The van der Waals surface area contributed by atoms with Gasteiger partial charge in [-0.25, -0.2) is 9.97 Å². The van der Waals surface area contributed by atoms with Crippen LogP contribution in [0.5, 0.6) is 0 Å². The van der Waals surface area contributed by atoms with Gasteiger partial charge in [0.05, 0.1) is 6.54 Å². The minimum absolute atomic E-state index is 0.441. The lowest BCUT2D eigenvalue weighted by Crippen LogP contribution is -2.08. The summed E-state index contributed by atoms with van der Waals surface area (Å²) in [5, 5.41) is 7.33. The van der Waals surface area contributed by atoms with Crippen molar-refractivity contribution in [2.45, 2.75) is 33.2 Å². The van der Waals surface area contributed by atoms with Crippen LogP contribution in [-0.2, 0) is 13.0 Å². The summed E-state index contributed by atoms with van der Waals surface area (Å²) in [6.07, 6.45) is 3.07. The summed E-state index contributed by atoms with van der Waals surface area (Å²) in [6, 6.07) is 0. The van der Waals surface area contributed by atoms with E-state index in [4.69, 9.17) is 11.6 Å². The molecule has 1 N–H and O–H groups in total. The highest BCUT2D eigenvalue weighted by Crippen LogP contribution is 2.20. The van der Waals surface area contributed by atoms with Gasteiger partial charge in [0.25, 0.3) is 0 Å². The summed E-state index contributed by atoms with van der Waals surface area (Å²) >= 11 is 6.07. The van der Waals surface area contributed by atoms with E-state index in [1.165, 1.54) is 6.39 Å². The van der Waals surface area contributed by atoms with Gasteiger partial charge in [0.1, 0.15) is 16.8 Å². The van der Waals surface area contributed by atoms with E-state index in [1.54, 1.807) is 0 Å². The minimum Gasteiger partial charge on any atom is -0.362 e. The van der Waals surface area contributed by atoms with E-state index in [0.717, 1.165) is 24.2 Å². The van der Waals surface area contributed by atoms with Crippen LogP contribution in [0, 0.1) is 6.92 Å². The van der Waals surface area contributed by atoms with E-state index >= 15 is 0 Å². The second-order valence-corrected chi connectivity index (χ2v) is 4.21. The molecule has 18 heavy (non-hydrogen) atoms. The van der Waals surface area contributed by atoms with Crippen molar-refractivity contribution in [1.29, 1.82) is 0 Å². The van der Waals surface area contributed by atoms with Crippen molar-refractivity contribution in [2.75, 3.05) is 5.32 Å². The van der Waals surface area contributed by atoms with Gasteiger partial charge >= 0.3 is 0 Å². The number of anilines is 1. The molecule has 0 saturated heterocycles. The van der Waals surface area contributed by atoms with E-state index < -0.39 is 0 Å². The van der Waals surface area contributed by atoms with Crippen molar-refractivity contribution in [1.82, 2.24) is 20.1 Å². The molecule has 2 rings (SSSR count). The van der Waals surface area contributed by atoms with Crippen molar-refractivity contribution >= 4 is 17.4 Å². The molecule has 6 nitrogen and oxygen atoms in total. The average Bonchev–Trinajstić information content (AvgIpc) is 2.85. The lowest BCUT2D eigenvalue weighted by molar-refractivity contribution is 0.411. The molecule has 0 atom stereocenters. The maximum Gasteiger partial charge on any atom is 0.213 e. The van der Waals surface area contributed by atoms with Crippen LogP contribution in [0.15, 0.2) is 10.9 Å². The molecule has 2 aromatic heterocycles. The maximum atomic E-state index is 6.07. The van der Waals surface area contributed by atoms with E-state index in [0.29, 0.717) is 23.3 Å².